The van der Waals surface area contributed by atoms with Crippen LogP contribution in [0, 0.1) is 20.8 Å². The molecule has 0 saturated carbocycles. The number of carbonyl (C=O) groups is 1. The number of hydrogen-bond acceptors (Lipinski definition) is 3. The fraction of sp³-hybridized carbons (Fsp3) is 0.565. The molecule has 0 unspecified atom stereocenters. The molecule has 2 fully saturated rings. The zero-order chi connectivity index (χ0) is 20.5. The Hall–Kier alpha value is -1.85. The molecule has 6 heteroatoms. The van der Waals surface area contributed by atoms with Crippen LogP contribution in [0.4, 0.5) is 0 Å². The Morgan fingerprint density at radius 1 is 1.10 bits per heavy atom. The van der Waals surface area contributed by atoms with Gasteiger partial charge in [0.25, 0.3) is 0 Å². The average Bonchev–Trinajstić information content (AvgIpc) is 3.35. The van der Waals surface area contributed by atoms with Gasteiger partial charge < -0.3 is 9.80 Å². The largest absolute Gasteiger partial charge is 0.342 e. The summed E-state index contributed by atoms with van der Waals surface area (Å²) in [7, 11) is 0. The van der Waals surface area contributed by atoms with Crippen LogP contribution in [0.15, 0.2) is 18.2 Å². The van der Waals surface area contributed by atoms with E-state index in [0.29, 0.717) is 12.5 Å². The summed E-state index contributed by atoms with van der Waals surface area (Å²) < 4.78 is 1.91. The molecule has 0 N–H and O–H groups in total. The van der Waals surface area contributed by atoms with Gasteiger partial charge in [0, 0.05) is 35.4 Å². The molecule has 0 spiro atoms. The average molecular weight is 415 g/mol. The third kappa shape index (κ3) is 4.22. The number of aryl methyl sites for hydroxylation is 2. The predicted octanol–water partition coefficient (Wildman–Crippen LogP) is 4.08. The van der Waals surface area contributed by atoms with Crippen molar-refractivity contribution in [3.63, 3.8) is 0 Å². The van der Waals surface area contributed by atoms with Crippen molar-refractivity contribution >= 4 is 17.5 Å². The van der Waals surface area contributed by atoms with Gasteiger partial charge in [0.1, 0.15) is 0 Å². The second-order valence-corrected chi connectivity index (χ2v) is 8.93. The third-order valence-electron chi connectivity index (χ3n) is 6.64. The highest BCUT2D eigenvalue weighted by Crippen LogP contribution is 2.25. The smallest absolute Gasteiger partial charge is 0.227 e. The molecule has 0 atom stereocenters. The lowest BCUT2D eigenvalue weighted by atomic mass is 10.0. The lowest BCUT2D eigenvalue weighted by molar-refractivity contribution is -0.132. The molecule has 4 rings (SSSR count). The van der Waals surface area contributed by atoms with Crippen molar-refractivity contribution in [2.75, 3.05) is 26.2 Å². The maximum atomic E-state index is 13.0. The highest BCUT2D eigenvalue weighted by atomic mass is 35.5. The van der Waals surface area contributed by atoms with Crippen LogP contribution in [0.5, 0.6) is 0 Å². The number of carbonyl (C=O) groups excluding carboxylic acids is 1. The molecule has 1 amide bonds. The van der Waals surface area contributed by atoms with Gasteiger partial charge in [0.15, 0.2) is 0 Å². The molecule has 0 aliphatic carbocycles. The standard InChI is InChI=1S/C23H31ClN4O/c1-16-6-7-20(14-22(16)24)28-18(3)21(17(2)25-28)15-23(29)27-12-8-19(9-13-27)26-10-4-5-11-26/h6-7,14,19H,4-5,8-13,15H2,1-3H3. The predicted molar refractivity (Wildman–Crippen MR) is 117 cm³/mol. The number of aromatic nitrogens is 2. The van der Waals surface area contributed by atoms with Crippen molar-refractivity contribution < 1.29 is 4.79 Å². The van der Waals surface area contributed by atoms with Gasteiger partial charge in [0.2, 0.25) is 5.91 Å². The Balaban J connectivity index is 1.43. The van der Waals surface area contributed by atoms with Crippen molar-refractivity contribution in [3.05, 3.63) is 45.7 Å². The van der Waals surface area contributed by atoms with E-state index in [0.717, 1.165) is 59.2 Å². The molecular weight excluding hydrogens is 384 g/mol. The number of rotatable bonds is 4. The third-order valence-corrected chi connectivity index (χ3v) is 7.05. The summed E-state index contributed by atoms with van der Waals surface area (Å²) in [5, 5.41) is 5.42. The zero-order valence-corrected chi connectivity index (χ0v) is 18.5. The van der Waals surface area contributed by atoms with Crippen molar-refractivity contribution in [3.8, 4) is 5.69 Å². The first-order valence-electron chi connectivity index (χ1n) is 10.8. The number of nitrogens with zero attached hydrogens (tertiary/aromatic N) is 4. The molecule has 156 valence electrons. The topological polar surface area (TPSA) is 41.4 Å². The van der Waals surface area contributed by atoms with Crippen LogP contribution in [-0.4, -0.2) is 57.7 Å². The van der Waals surface area contributed by atoms with E-state index >= 15 is 0 Å². The molecule has 3 heterocycles. The van der Waals surface area contributed by atoms with E-state index in [1.54, 1.807) is 0 Å². The number of piperidine rings is 1. The van der Waals surface area contributed by atoms with Crippen LogP contribution in [-0.2, 0) is 11.2 Å². The highest BCUT2D eigenvalue weighted by molar-refractivity contribution is 6.31. The molecule has 1 aromatic heterocycles. The Kier molecular flexibility index (Phi) is 5.98. The lowest BCUT2D eigenvalue weighted by Crippen LogP contribution is -2.46. The van der Waals surface area contributed by atoms with Gasteiger partial charge in [-0.2, -0.15) is 5.10 Å². The molecule has 1 aromatic carbocycles. The van der Waals surface area contributed by atoms with E-state index in [-0.39, 0.29) is 5.91 Å². The van der Waals surface area contributed by atoms with Gasteiger partial charge in [-0.3, -0.25) is 4.79 Å². The summed E-state index contributed by atoms with van der Waals surface area (Å²) in [6.07, 6.45) is 5.28. The first kappa shape index (κ1) is 20.4. The molecule has 2 saturated heterocycles. The van der Waals surface area contributed by atoms with E-state index in [1.165, 1.54) is 25.9 Å². The minimum atomic E-state index is 0.220. The monoisotopic (exact) mass is 414 g/mol. The van der Waals surface area contributed by atoms with Crippen molar-refractivity contribution in [2.24, 2.45) is 0 Å². The second-order valence-electron chi connectivity index (χ2n) is 8.53. The van der Waals surface area contributed by atoms with Gasteiger partial charge in [0.05, 0.1) is 17.8 Å². The van der Waals surface area contributed by atoms with E-state index in [1.807, 2.05) is 48.6 Å². The van der Waals surface area contributed by atoms with Crippen molar-refractivity contribution in [1.29, 1.82) is 0 Å². The minimum absolute atomic E-state index is 0.220. The molecule has 5 nitrogen and oxygen atoms in total. The Labute approximate surface area is 178 Å². The molecule has 0 radical (unpaired) electrons. The maximum Gasteiger partial charge on any atom is 0.227 e. The van der Waals surface area contributed by atoms with E-state index in [2.05, 4.69) is 4.90 Å². The quantitative estimate of drug-likeness (QED) is 0.756. The number of amides is 1. The zero-order valence-electron chi connectivity index (χ0n) is 17.7. The van der Waals surface area contributed by atoms with Gasteiger partial charge in [-0.05, 0) is 77.2 Å². The van der Waals surface area contributed by atoms with Crippen molar-refractivity contribution in [1.82, 2.24) is 19.6 Å². The molecule has 2 aromatic rings. The molecule has 2 aliphatic heterocycles. The minimum Gasteiger partial charge on any atom is -0.342 e. The Morgan fingerprint density at radius 2 is 1.79 bits per heavy atom. The molecular formula is C23H31ClN4O. The van der Waals surface area contributed by atoms with Crippen LogP contribution >= 0.6 is 11.6 Å². The molecule has 0 bridgehead atoms. The van der Waals surface area contributed by atoms with Gasteiger partial charge in [-0.15, -0.1) is 0 Å². The van der Waals surface area contributed by atoms with Crippen molar-refractivity contribution in [2.45, 2.75) is 58.9 Å². The summed E-state index contributed by atoms with van der Waals surface area (Å²) in [6.45, 7) is 10.2. The summed E-state index contributed by atoms with van der Waals surface area (Å²) in [4.78, 5) is 17.7. The number of hydrogen-bond donors (Lipinski definition) is 0. The summed E-state index contributed by atoms with van der Waals surface area (Å²) in [5.74, 6) is 0.220. The van der Waals surface area contributed by atoms with Crippen LogP contribution < -0.4 is 0 Å². The second kappa shape index (κ2) is 8.49. The molecule has 2 aliphatic rings. The van der Waals surface area contributed by atoms with Gasteiger partial charge in [-0.1, -0.05) is 17.7 Å². The fourth-order valence-electron chi connectivity index (χ4n) is 4.75. The molecule has 29 heavy (non-hydrogen) atoms. The normalized spacial score (nSPS) is 18.6. The van der Waals surface area contributed by atoms with Gasteiger partial charge in [-0.25, -0.2) is 4.68 Å². The van der Waals surface area contributed by atoms with Crippen LogP contribution in [0.2, 0.25) is 5.02 Å². The first-order chi connectivity index (χ1) is 13.9. The van der Waals surface area contributed by atoms with E-state index < -0.39 is 0 Å². The maximum absolute atomic E-state index is 13.0. The van der Waals surface area contributed by atoms with E-state index in [9.17, 15) is 4.79 Å². The lowest BCUT2D eigenvalue weighted by Gasteiger charge is -2.36. The number of benzene rings is 1. The van der Waals surface area contributed by atoms with Crippen LogP contribution in [0.3, 0.4) is 0 Å². The highest BCUT2D eigenvalue weighted by Gasteiger charge is 2.29. The Morgan fingerprint density at radius 3 is 2.45 bits per heavy atom. The Bertz CT molecular complexity index is 893. The summed E-state index contributed by atoms with van der Waals surface area (Å²) in [6, 6.07) is 6.63. The van der Waals surface area contributed by atoms with Gasteiger partial charge >= 0.3 is 0 Å². The number of likely N-dealkylation sites (tertiary alicyclic amines) is 2. The number of halogens is 1. The van der Waals surface area contributed by atoms with Crippen LogP contribution in [0.25, 0.3) is 5.69 Å². The first-order valence-corrected chi connectivity index (χ1v) is 11.2. The van der Waals surface area contributed by atoms with Crippen LogP contribution in [0.1, 0.15) is 48.2 Å². The summed E-state index contributed by atoms with van der Waals surface area (Å²) in [5.41, 5.74) is 4.95. The van der Waals surface area contributed by atoms with E-state index in [4.69, 9.17) is 16.7 Å². The SMILES string of the molecule is Cc1ccc(-n2nc(C)c(CC(=O)N3CCC(N4CCCC4)CC3)c2C)cc1Cl. The fourth-order valence-corrected chi connectivity index (χ4v) is 4.92. The summed E-state index contributed by atoms with van der Waals surface area (Å²) >= 11 is 6.30.